The molecule has 0 aliphatic rings. The maximum Gasteiger partial charge on any atom is 0.244 e. The van der Waals surface area contributed by atoms with E-state index in [0.717, 1.165) is 11.1 Å². The first-order valence-electron chi connectivity index (χ1n) is 8.95. The Balaban J connectivity index is 1.83. The zero-order valence-electron chi connectivity index (χ0n) is 16.4. The fourth-order valence-corrected chi connectivity index (χ4v) is 2.92. The van der Waals surface area contributed by atoms with Gasteiger partial charge in [0.1, 0.15) is 29.2 Å². The molecule has 1 heterocycles. The van der Waals surface area contributed by atoms with E-state index < -0.39 is 6.04 Å². The Morgan fingerprint density at radius 1 is 1.17 bits per heavy atom. The fraction of sp³-hybridized carbons (Fsp3) is 0.182. The molecule has 3 rings (SSSR count). The second-order valence-electron chi connectivity index (χ2n) is 6.33. The highest BCUT2D eigenvalue weighted by atomic mass is 19.1. The van der Waals surface area contributed by atoms with Crippen molar-refractivity contribution in [3.63, 3.8) is 0 Å². The van der Waals surface area contributed by atoms with Crippen LogP contribution >= 0.6 is 0 Å². The second kappa shape index (κ2) is 9.05. The van der Waals surface area contributed by atoms with Crippen LogP contribution in [0.15, 0.2) is 60.9 Å². The minimum absolute atomic E-state index is 0.319. The van der Waals surface area contributed by atoms with Gasteiger partial charge in [-0.3, -0.25) is 4.79 Å². The van der Waals surface area contributed by atoms with Gasteiger partial charge in [0.25, 0.3) is 0 Å². The number of carbonyl (C=O) groups excluding carboxylic acids is 1. The first-order chi connectivity index (χ1) is 14.0. The van der Waals surface area contributed by atoms with Gasteiger partial charge in [0.2, 0.25) is 5.91 Å². The highest BCUT2D eigenvalue weighted by molar-refractivity contribution is 5.92. The van der Waals surface area contributed by atoms with Crippen molar-refractivity contribution >= 4 is 12.0 Å². The number of rotatable bonds is 7. The number of ether oxygens (including phenoxy) is 2. The summed E-state index contributed by atoms with van der Waals surface area (Å²) in [7, 11) is 4.96. The molecule has 1 N–H and O–H groups in total. The summed E-state index contributed by atoms with van der Waals surface area (Å²) in [5, 5.41) is 2.93. The number of nitrogens with zero attached hydrogens (tertiary/aromatic N) is 2. The average molecular weight is 395 g/mol. The molecule has 1 unspecified atom stereocenters. The summed E-state index contributed by atoms with van der Waals surface area (Å²) in [6.07, 6.45) is 6.52. The predicted octanol–water partition coefficient (Wildman–Crippen LogP) is 3.50. The van der Waals surface area contributed by atoms with Crippen LogP contribution in [0.5, 0.6) is 11.5 Å². The Hall–Kier alpha value is -3.61. The summed E-state index contributed by atoms with van der Waals surface area (Å²) in [5.41, 5.74) is 1.46. The molecule has 1 aromatic heterocycles. The summed E-state index contributed by atoms with van der Waals surface area (Å²) in [6, 6.07) is 10.8. The number of halogens is 1. The van der Waals surface area contributed by atoms with Crippen LogP contribution in [0, 0.1) is 5.82 Å². The molecule has 0 bridgehead atoms. The van der Waals surface area contributed by atoms with Crippen molar-refractivity contribution in [3.05, 3.63) is 83.7 Å². The lowest BCUT2D eigenvalue weighted by molar-refractivity contribution is -0.117. The molecule has 29 heavy (non-hydrogen) atoms. The molecule has 1 amide bonds. The van der Waals surface area contributed by atoms with Crippen molar-refractivity contribution in [2.75, 3.05) is 14.2 Å². The second-order valence-corrected chi connectivity index (χ2v) is 6.33. The van der Waals surface area contributed by atoms with E-state index in [2.05, 4.69) is 10.3 Å². The highest BCUT2D eigenvalue weighted by Crippen LogP contribution is 2.26. The quantitative estimate of drug-likeness (QED) is 0.622. The van der Waals surface area contributed by atoms with Crippen LogP contribution < -0.4 is 14.8 Å². The fourth-order valence-electron chi connectivity index (χ4n) is 2.92. The lowest BCUT2D eigenvalue weighted by atomic mass is 10.1. The van der Waals surface area contributed by atoms with Crippen LogP contribution in [0.1, 0.15) is 23.0 Å². The largest absolute Gasteiger partial charge is 0.497 e. The van der Waals surface area contributed by atoms with Crippen LogP contribution in [0.3, 0.4) is 0 Å². The van der Waals surface area contributed by atoms with Gasteiger partial charge >= 0.3 is 0 Å². The molecule has 0 saturated carbocycles. The van der Waals surface area contributed by atoms with Crippen LogP contribution in [0.2, 0.25) is 0 Å². The molecule has 0 fully saturated rings. The van der Waals surface area contributed by atoms with Gasteiger partial charge < -0.3 is 19.4 Å². The summed E-state index contributed by atoms with van der Waals surface area (Å²) in [5.74, 6) is 1.23. The van der Waals surface area contributed by atoms with Crippen molar-refractivity contribution in [3.8, 4) is 11.5 Å². The molecule has 3 aromatic rings. The van der Waals surface area contributed by atoms with E-state index in [0.29, 0.717) is 17.3 Å². The van der Waals surface area contributed by atoms with Crippen LogP contribution in [0.25, 0.3) is 6.08 Å². The topological polar surface area (TPSA) is 65.4 Å². The van der Waals surface area contributed by atoms with E-state index in [1.54, 1.807) is 63.0 Å². The van der Waals surface area contributed by atoms with Gasteiger partial charge in [-0.25, -0.2) is 9.37 Å². The first-order valence-corrected chi connectivity index (χ1v) is 8.95. The number of amides is 1. The lowest BCUT2D eigenvalue weighted by Crippen LogP contribution is -2.29. The minimum atomic E-state index is -0.523. The van der Waals surface area contributed by atoms with Gasteiger partial charge in [-0.15, -0.1) is 0 Å². The van der Waals surface area contributed by atoms with E-state index in [4.69, 9.17) is 9.47 Å². The van der Waals surface area contributed by atoms with Crippen molar-refractivity contribution in [1.82, 2.24) is 14.9 Å². The third kappa shape index (κ3) is 4.82. The zero-order chi connectivity index (χ0) is 20.8. The van der Waals surface area contributed by atoms with Crippen molar-refractivity contribution in [2.24, 2.45) is 7.05 Å². The summed E-state index contributed by atoms with van der Waals surface area (Å²) < 4.78 is 25.7. The first kappa shape index (κ1) is 20.1. The molecule has 0 saturated heterocycles. The number of nitrogens with one attached hydrogen (secondary N) is 1. The third-order valence-corrected chi connectivity index (χ3v) is 4.46. The predicted molar refractivity (Wildman–Crippen MR) is 108 cm³/mol. The Kier molecular flexibility index (Phi) is 6.29. The molecule has 2 aromatic carbocycles. The number of benzene rings is 2. The number of imidazole rings is 1. The molecule has 0 aliphatic heterocycles. The number of carbonyl (C=O) groups is 1. The number of aryl methyl sites for hydroxylation is 1. The van der Waals surface area contributed by atoms with Gasteiger partial charge in [0.05, 0.1) is 14.2 Å². The van der Waals surface area contributed by atoms with E-state index in [-0.39, 0.29) is 11.7 Å². The summed E-state index contributed by atoms with van der Waals surface area (Å²) >= 11 is 0. The Labute approximate surface area is 168 Å². The Morgan fingerprint density at radius 3 is 2.55 bits per heavy atom. The third-order valence-electron chi connectivity index (χ3n) is 4.46. The number of hydrogen-bond donors (Lipinski definition) is 1. The van der Waals surface area contributed by atoms with E-state index >= 15 is 0 Å². The summed E-state index contributed by atoms with van der Waals surface area (Å²) in [4.78, 5) is 17.0. The molecule has 6 nitrogen and oxygen atoms in total. The average Bonchev–Trinajstić information content (AvgIpc) is 3.16. The molecular formula is C22H22FN3O3. The van der Waals surface area contributed by atoms with Gasteiger partial charge in [-0.2, -0.15) is 0 Å². The van der Waals surface area contributed by atoms with Gasteiger partial charge in [-0.1, -0.05) is 12.1 Å². The maximum atomic E-state index is 13.3. The summed E-state index contributed by atoms with van der Waals surface area (Å²) in [6.45, 7) is 0. The van der Waals surface area contributed by atoms with Crippen molar-refractivity contribution < 1.29 is 18.7 Å². The zero-order valence-corrected chi connectivity index (χ0v) is 16.4. The maximum absolute atomic E-state index is 13.3. The van der Waals surface area contributed by atoms with Gasteiger partial charge in [-0.05, 0) is 35.9 Å². The number of hydrogen-bond acceptors (Lipinski definition) is 4. The van der Waals surface area contributed by atoms with Crippen LogP contribution in [-0.4, -0.2) is 29.7 Å². The standard InChI is InChI=1S/C22H22FN3O3/c1-26-13-12-24-22(26)21(16-4-8-17(23)9-5-16)25-20(27)11-7-15-6-10-18(28-2)14-19(15)29-3/h4-14,21H,1-3H3,(H,25,27)/b11-7+. The van der Waals surface area contributed by atoms with E-state index in [1.807, 2.05) is 11.6 Å². The molecule has 1 atom stereocenters. The number of methoxy groups -OCH3 is 2. The monoisotopic (exact) mass is 395 g/mol. The van der Waals surface area contributed by atoms with Gasteiger partial charge in [0, 0.05) is 37.1 Å². The Morgan fingerprint density at radius 2 is 1.93 bits per heavy atom. The molecule has 0 radical (unpaired) electrons. The molecule has 7 heteroatoms. The smallest absolute Gasteiger partial charge is 0.244 e. The molecule has 150 valence electrons. The van der Waals surface area contributed by atoms with Crippen LogP contribution in [0.4, 0.5) is 4.39 Å². The molecule has 0 aliphatic carbocycles. The normalized spacial score (nSPS) is 12.0. The lowest BCUT2D eigenvalue weighted by Gasteiger charge is -2.18. The van der Waals surface area contributed by atoms with E-state index in [1.165, 1.54) is 18.2 Å². The van der Waals surface area contributed by atoms with Gasteiger partial charge in [0.15, 0.2) is 0 Å². The SMILES string of the molecule is COc1ccc(/C=C/C(=O)NC(c2ccc(F)cc2)c2nccn2C)c(OC)c1. The van der Waals surface area contributed by atoms with Crippen LogP contribution in [-0.2, 0) is 11.8 Å². The molecular weight excluding hydrogens is 373 g/mol. The minimum Gasteiger partial charge on any atom is -0.497 e. The highest BCUT2D eigenvalue weighted by Gasteiger charge is 2.20. The van der Waals surface area contributed by atoms with E-state index in [9.17, 15) is 9.18 Å². The van der Waals surface area contributed by atoms with Crippen molar-refractivity contribution in [1.29, 1.82) is 0 Å². The molecule has 0 spiro atoms. The van der Waals surface area contributed by atoms with Crippen molar-refractivity contribution in [2.45, 2.75) is 6.04 Å². The Bertz CT molecular complexity index is 1010. The number of aromatic nitrogens is 2.